The van der Waals surface area contributed by atoms with Crippen LogP contribution in [0.3, 0.4) is 0 Å². The lowest BCUT2D eigenvalue weighted by Gasteiger charge is -2.07. The Hall–Kier alpha value is -1.81. The highest BCUT2D eigenvalue weighted by Crippen LogP contribution is 2.22. The van der Waals surface area contributed by atoms with Gasteiger partial charge in [-0.1, -0.05) is 46.3 Å². The first-order chi connectivity index (χ1) is 10.1. The second-order valence-corrected chi connectivity index (χ2v) is 5.86. The molecule has 1 unspecified atom stereocenters. The molecule has 2 rings (SSSR count). The number of carboxylic acid groups (broad SMARTS) is 1. The summed E-state index contributed by atoms with van der Waals surface area (Å²) in [7, 11) is 0. The number of aliphatic carboxylic acids is 1. The van der Waals surface area contributed by atoms with Gasteiger partial charge in [0.15, 0.2) is 0 Å². The molecule has 0 radical (unpaired) electrons. The number of rotatable bonds is 7. The molecule has 0 bridgehead atoms. The zero-order valence-electron chi connectivity index (χ0n) is 11.5. The number of ether oxygens (including phenoxy) is 1. The predicted octanol–water partition coefficient (Wildman–Crippen LogP) is 4.65. The molecule has 1 atom stereocenters. The minimum absolute atomic E-state index is 0.460. The van der Waals surface area contributed by atoms with Crippen molar-refractivity contribution in [2.75, 3.05) is 0 Å². The molecule has 0 spiro atoms. The summed E-state index contributed by atoms with van der Waals surface area (Å²) in [6.45, 7) is 0. The molecule has 0 aromatic heterocycles. The summed E-state index contributed by atoms with van der Waals surface area (Å²) in [5.74, 6) is 0.810. The average molecular weight is 349 g/mol. The standard InChI is InChI=1S/C17H17BrO3/c18-16(17(19)20)8-4-5-13-9-11-15(12-10-13)21-14-6-2-1-3-7-14/h1-3,6-7,9-12,16H,4-5,8H2,(H,19,20). The SMILES string of the molecule is O=C(O)C(Br)CCCc1ccc(Oc2ccccc2)cc1. The van der Waals surface area contributed by atoms with Crippen molar-refractivity contribution >= 4 is 21.9 Å². The first kappa shape index (κ1) is 15.6. The fraction of sp³-hybridized carbons (Fsp3) is 0.235. The number of hydrogen-bond acceptors (Lipinski definition) is 2. The second-order valence-electron chi connectivity index (χ2n) is 4.76. The van der Waals surface area contributed by atoms with Gasteiger partial charge in [-0.15, -0.1) is 0 Å². The highest BCUT2D eigenvalue weighted by atomic mass is 79.9. The molecule has 0 aliphatic carbocycles. The third-order valence-corrected chi connectivity index (χ3v) is 3.94. The summed E-state index contributed by atoms with van der Waals surface area (Å²) >= 11 is 3.14. The van der Waals surface area contributed by atoms with Crippen molar-refractivity contribution in [1.82, 2.24) is 0 Å². The maximum Gasteiger partial charge on any atom is 0.317 e. The normalized spacial score (nSPS) is 11.9. The van der Waals surface area contributed by atoms with Gasteiger partial charge in [0, 0.05) is 0 Å². The van der Waals surface area contributed by atoms with Crippen LogP contribution < -0.4 is 4.74 Å². The zero-order valence-corrected chi connectivity index (χ0v) is 13.1. The lowest BCUT2D eigenvalue weighted by molar-refractivity contribution is -0.136. The Labute approximate surface area is 132 Å². The largest absolute Gasteiger partial charge is 0.480 e. The van der Waals surface area contributed by atoms with Gasteiger partial charge in [0.05, 0.1) is 0 Å². The van der Waals surface area contributed by atoms with Gasteiger partial charge in [-0.05, 0) is 49.1 Å². The maximum atomic E-state index is 10.7. The average Bonchev–Trinajstić information content (AvgIpc) is 2.50. The van der Waals surface area contributed by atoms with Gasteiger partial charge in [-0.2, -0.15) is 0 Å². The van der Waals surface area contributed by atoms with Crippen LogP contribution in [-0.2, 0) is 11.2 Å². The monoisotopic (exact) mass is 348 g/mol. The van der Waals surface area contributed by atoms with E-state index in [1.54, 1.807) is 0 Å². The topological polar surface area (TPSA) is 46.5 Å². The third kappa shape index (κ3) is 5.23. The molecule has 0 heterocycles. The van der Waals surface area contributed by atoms with E-state index >= 15 is 0 Å². The summed E-state index contributed by atoms with van der Waals surface area (Å²) in [5, 5.41) is 8.79. The van der Waals surface area contributed by atoms with E-state index < -0.39 is 10.8 Å². The molecule has 0 saturated heterocycles. The fourth-order valence-corrected chi connectivity index (χ4v) is 2.28. The van der Waals surface area contributed by atoms with Crippen LogP contribution in [0, 0.1) is 0 Å². The summed E-state index contributed by atoms with van der Waals surface area (Å²) in [6.07, 6.45) is 2.32. The zero-order chi connectivity index (χ0) is 15.1. The van der Waals surface area contributed by atoms with Crippen LogP contribution in [0.4, 0.5) is 0 Å². The molecule has 4 heteroatoms. The van der Waals surface area contributed by atoms with Crippen molar-refractivity contribution in [3.05, 3.63) is 60.2 Å². The van der Waals surface area contributed by atoms with Gasteiger partial charge >= 0.3 is 5.97 Å². The van der Waals surface area contributed by atoms with Crippen LogP contribution >= 0.6 is 15.9 Å². The summed E-state index contributed by atoms with van der Waals surface area (Å²) in [6, 6.07) is 17.5. The number of alkyl halides is 1. The Morgan fingerprint density at radius 1 is 1.05 bits per heavy atom. The minimum Gasteiger partial charge on any atom is -0.480 e. The smallest absolute Gasteiger partial charge is 0.317 e. The van der Waals surface area contributed by atoms with Crippen LogP contribution in [0.15, 0.2) is 54.6 Å². The lowest BCUT2D eigenvalue weighted by atomic mass is 10.1. The van der Waals surface area contributed by atoms with E-state index in [2.05, 4.69) is 15.9 Å². The third-order valence-electron chi connectivity index (χ3n) is 3.09. The maximum absolute atomic E-state index is 10.7. The molecule has 110 valence electrons. The summed E-state index contributed by atoms with van der Waals surface area (Å²) < 4.78 is 5.72. The van der Waals surface area contributed by atoms with Gasteiger partial charge in [-0.3, -0.25) is 4.79 Å². The Balaban J connectivity index is 1.83. The molecule has 0 fully saturated rings. The van der Waals surface area contributed by atoms with Crippen molar-refractivity contribution in [3.8, 4) is 11.5 Å². The van der Waals surface area contributed by atoms with Crippen molar-refractivity contribution in [1.29, 1.82) is 0 Å². The molecular weight excluding hydrogens is 332 g/mol. The number of carbonyl (C=O) groups is 1. The van der Waals surface area contributed by atoms with E-state index in [1.807, 2.05) is 54.6 Å². The van der Waals surface area contributed by atoms with Gasteiger partial charge < -0.3 is 9.84 Å². The Bertz CT molecular complexity index is 566. The van der Waals surface area contributed by atoms with Gasteiger partial charge in [-0.25, -0.2) is 0 Å². The van der Waals surface area contributed by atoms with Gasteiger partial charge in [0.25, 0.3) is 0 Å². The van der Waals surface area contributed by atoms with E-state index in [0.717, 1.165) is 24.3 Å². The number of halogens is 1. The molecule has 2 aromatic carbocycles. The molecule has 21 heavy (non-hydrogen) atoms. The number of carboxylic acids is 1. The Morgan fingerprint density at radius 2 is 1.67 bits per heavy atom. The molecular formula is C17H17BrO3. The molecule has 0 amide bonds. The van der Waals surface area contributed by atoms with Gasteiger partial charge in [0.1, 0.15) is 16.3 Å². The van der Waals surface area contributed by atoms with Gasteiger partial charge in [0.2, 0.25) is 0 Å². The summed E-state index contributed by atoms with van der Waals surface area (Å²) in [4.78, 5) is 10.2. The van der Waals surface area contributed by atoms with Crippen LogP contribution in [0.5, 0.6) is 11.5 Å². The molecule has 2 aromatic rings. The van der Waals surface area contributed by atoms with Crippen LogP contribution in [0.1, 0.15) is 18.4 Å². The van der Waals surface area contributed by atoms with E-state index in [4.69, 9.17) is 9.84 Å². The number of benzene rings is 2. The molecule has 3 nitrogen and oxygen atoms in total. The second kappa shape index (κ2) is 7.84. The fourth-order valence-electron chi connectivity index (χ4n) is 1.96. The molecule has 0 aliphatic heterocycles. The van der Waals surface area contributed by atoms with Crippen LogP contribution in [0.2, 0.25) is 0 Å². The first-order valence-electron chi connectivity index (χ1n) is 6.84. The summed E-state index contributed by atoms with van der Waals surface area (Å²) in [5.41, 5.74) is 1.18. The molecule has 1 N–H and O–H groups in total. The van der Waals surface area contributed by atoms with Crippen molar-refractivity contribution in [2.45, 2.75) is 24.1 Å². The van der Waals surface area contributed by atoms with E-state index in [9.17, 15) is 4.79 Å². The quantitative estimate of drug-likeness (QED) is 0.740. The van der Waals surface area contributed by atoms with Crippen molar-refractivity contribution < 1.29 is 14.6 Å². The predicted molar refractivity (Wildman–Crippen MR) is 86.2 cm³/mol. The molecule has 0 saturated carbocycles. The van der Waals surface area contributed by atoms with Crippen LogP contribution in [0.25, 0.3) is 0 Å². The van der Waals surface area contributed by atoms with E-state index in [1.165, 1.54) is 5.56 Å². The Kier molecular flexibility index (Phi) is 5.81. The number of para-hydroxylation sites is 1. The number of aryl methyl sites for hydroxylation is 1. The first-order valence-corrected chi connectivity index (χ1v) is 7.75. The van der Waals surface area contributed by atoms with E-state index in [-0.39, 0.29) is 0 Å². The minimum atomic E-state index is -0.804. The van der Waals surface area contributed by atoms with Crippen molar-refractivity contribution in [2.24, 2.45) is 0 Å². The highest BCUT2D eigenvalue weighted by molar-refractivity contribution is 9.10. The van der Waals surface area contributed by atoms with Crippen LogP contribution in [-0.4, -0.2) is 15.9 Å². The van der Waals surface area contributed by atoms with Crippen molar-refractivity contribution in [3.63, 3.8) is 0 Å². The lowest BCUT2D eigenvalue weighted by Crippen LogP contribution is -2.12. The molecule has 0 aliphatic rings. The number of hydrogen-bond donors (Lipinski definition) is 1. The Morgan fingerprint density at radius 3 is 2.29 bits per heavy atom. The highest BCUT2D eigenvalue weighted by Gasteiger charge is 2.11. The van der Waals surface area contributed by atoms with E-state index in [0.29, 0.717) is 6.42 Å².